The minimum atomic E-state index is 0.207. The predicted molar refractivity (Wildman–Crippen MR) is 122 cm³/mol. The number of hydrogen-bond acceptors (Lipinski definition) is 7. The maximum Gasteiger partial charge on any atom is 0.233 e. The van der Waals surface area contributed by atoms with E-state index >= 15 is 0 Å². The van der Waals surface area contributed by atoms with Crippen molar-refractivity contribution in [2.24, 2.45) is 0 Å². The van der Waals surface area contributed by atoms with Gasteiger partial charge in [-0.25, -0.2) is 4.98 Å². The molecule has 0 atom stereocenters. The summed E-state index contributed by atoms with van der Waals surface area (Å²) in [5.74, 6) is 1.66. The van der Waals surface area contributed by atoms with Crippen molar-refractivity contribution in [1.82, 2.24) is 15.3 Å². The summed E-state index contributed by atoms with van der Waals surface area (Å²) in [6, 6.07) is 17.5. The van der Waals surface area contributed by atoms with Gasteiger partial charge in [0.15, 0.2) is 0 Å². The van der Waals surface area contributed by atoms with Gasteiger partial charge in [0.05, 0.1) is 23.3 Å². The number of nitrogens with zero attached hydrogens (tertiary/aromatic N) is 5. The molecule has 0 amide bonds. The number of aryl methyl sites for hydroxylation is 2. The number of nitrogens with one attached hydrogen (secondary N) is 1. The Bertz CT molecular complexity index is 1180. The molecule has 160 valence electrons. The van der Waals surface area contributed by atoms with E-state index in [1.54, 1.807) is 30.5 Å². The normalized spacial score (nSPS) is 13.8. The molecule has 3 aromatic rings. The van der Waals surface area contributed by atoms with Crippen molar-refractivity contribution in [3.63, 3.8) is 0 Å². The lowest BCUT2D eigenvalue weighted by Crippen LogP contribution is -2.41. The minimum absolute atomic E-state index is 0.207. The van der Waals surface area contributed by atoms with Gasteiger partial charge in [-0.2, -0.15) is 15.5 Å². The van der Waals surface area contributed by atoms with E-state index in [0.29, 0.717) is 28.7 Å². The Morgan fingerprint density at radius 3 is 2.41 bits per heavy atom. The highest BCUT2D eigenvalue weighted by molar-refractivity contribution is 5.61. The molecule has 7 nitrogen and oxygen atoms in total. The SMILES string of the molecule is Cc1cc(C#N)cc(C)c1Oc1ccnc(N(c2cccc(C#N)c2)C2CCNCC2)n1. The van der Waals surface area contributed by atoms with Crippen LogP contribution in [-0.2, 0) is 0 Å². The molecule has 32 heavy (non-hydrogen) atoms. The highest BCUT2D eigenvalue weighted by atomic mass is 16.5. The van der Waals surface area contributed by atoms with Gasteiger partial charge in [-0.15, -0.1) is 0 Å². The van der Waals surface area contributed by atoms with Crippen LogP contribution in [0.4, 0.5) is 11.6 Å². The quantitative estimate of drug-likeness (QED) is 0.643. The zero-order chi connectivity index (χ0) is 22.5. The molecule has 1 aliphatic heterocycles. The summed E-state index contributed by atoms with van der Waals surface area (Å²) in [5, 5.41) is 22.0. The molecule has 0 bridgehead atoms. The van der Waals surface area contributed by atoms with E-state index in [1.165, 1.54) is 0 Å². The van der Waals surface area contributed by atoms with Gasteiger partial charge in [0, 0.05) is 24.0 Å². The first-order chi connectivity index (χ1) is 15.6. The third kappa shape index (κ3) is 4.54. The summed E-state index contributed by atoms with van der Waals surface area (Å²) >= 11 is 0. The van der Waals surface area contributed by atoms with Crippen molar-refractivity contribution in [3.8, 4) is 23.8 Å². The zero-order valence-electron chi connectivity index (χ0n) is 18.2. The summed E-state index contributed by atoms with van der Waals surface area (Å²) in [4.78, 5) is 11.4. The van der Waals surface area contributed by atoms with E-state index in [4.69, 9.17) is 9.72 Å². The van der Waals surface area contributed by atoms with Crippen LogP contribution in [0.5, 0.6) is 11.6 Å². The molecule has 0 spiro atoms. The topological polar surface area (TPSA) is 97.9 Å². The Balaban J connectivity index is 1.71. The molecule has 4 rings (SSSR count). The van der Waals surface area contributed by atoms with Crippen molar-refractivity contribution < 1.29 is 4.74 Å². The van der Waals surface area contributed by atoms with Crippen molar-refractivity contribution in [3.05, 3.63) is 70.9 Å². The van der Waals surface area contributed by atoms with E-state index in [9.17, 15) is 10.5 Å². The second kappa shape index (κ2) is 9.47. The summed E-state index contributed by atoms with van der Waals surface area (Å²) in [6.45, 7) is 5.66. The minimum Gasteiger partial charge on any atom is -0.438 e. The number of nitriles is 2. The largest absolute Gasteiger partial charge is 0.438 e. The van der Waals surface area contributed by atoms with Gasteiger partial charge < -0.3 is 15.0 Å². The third-order valence-electron chi connectivity index (χ3n) is 5.56. The maximum atomic E-state index is 9.37. The van der Waals surface area contributed by atoms with Crippen LogP contribution in [0, 0.1) is 36.5 Å². The van der Waals surface area contributed by atoms with Crippen LogP contribution in [0.1, 0.15) is 35.1 Å². The molecule has 0 radical (unpaired) electrons. The molecule has 0 saturated carbocycles. The Kier molecular flexibility index (Phi) is 6.30. The summed E-state index contributed by atoms with van der Waals surface area (Å²) < 4.78 is 6.15. The Morgan fingerprint density at radius 1 is 1.00 bits per heavy atom. The van der Waals surface area contributed by atoms with Crippen LogP contribution in [0.2, 0.25) is 0 Å². The summed E-state index contributed by atoms with van der Waals surface area (Å²) in [6.07, 6.45) is 3.58. The van der Waals surface area contributed by atoms with Gasteiger partial charge in [-0.3, -0.25) is 0 Å². The van der Waals surface area contributed by atoms with E-state index in [1.807, 2.05) is 32.0 Å². The summed E-state index contributed by atoms with van der Waals surface area (Å²) in [5.41, 5.74) is 3.83. The fraction of sp³-hybridized carbons (Fsp3) is 0.280. The number of benzene rings is 2. The van der Waals surface area contributed by atoms with Crippen LogP contribution in [0.15, 0.2) is 48.7 Å². The molecule has 2 aromatic carbocycles. The van der Waals surface area contributed by atoms with Crippen molar-refractivity contribution >= 4 is 11.6 Å². The Labute approximate surface area is 187 Å². The van der Waals surface area contributed by atoms with Crippen LogP contribution in [0.3, 0.4) is 0 Å². The average Bonchev–Trinajstić information content (AvgIpc) is 2.82. The third-order valence-corrected chi connectivity index (χ3v) is 5.56. The highest BCUT2D eigenvalue weighted by Crippen LogP contribution is 2.32. The first kappa shape index (κ1) is 21.3. The maximum absolute atomic E-state index is 9.37. The smallest absolute Gasteiger partial charge is 0.233 e. The lowest BCUT2D eigenvalue weighted by Gasteiger charge is -2.34. The van der Waals surface area contributed by atoms with E-state index in [-0.39, 0.29) is 6.04 Å². The number of aromatic nitrogens is 2. The lowest BCUT2D eigenvalue weighted by atomic mass is 10.0. The first-order valence-corrected chi connectivity index (χ1v) is 10.6. The van der Waals surface area contributed by atoms with Crippen LogP contribution in [0.25, 0.3) is 0 Å². The fourth-order valence-corrected chi connectivity index (χ4v) is 4.07. The fourth-order valence-electron chi connectivity index (χ4n) is 4.07. The highest BCUT2D eigenvalue weighted by Gasteiger charge is 2.25. The predicted octanol–water partition coefficient (Wildman–Crippen LogP) is 4.52. The molecule has 1 saturated heterocycles. The van der Waals surface area contributed by atoms with Crippen LogP contribution in [-0.4, -0.2) is 29.1 Å². The lowest BCUT2D eigenvalue weighted by molar-refractivity contribution is 0.439. The monoisotopic (exact) mass is 424 g/mol. The molecule has 1 fully saturated rings. The van der Waals surface area contributed by atoms with Crippen molar-refractivity contribution in [2.75, 3.05) is 18.0 Å². The average molecular weight is 425 g/mol. The van der Waals surface area contributed by atoms with Gasteiger partial charge in [-0.05, 0) is 81.2 Å². The van der Waals surface area contributed by atoms with E-state index < -0.39 is 0 Å². The number of rotatable bonds is 5. The number of piperidine rings is 1. The molecule has 7 heteroatoms. The van der Waals surface area contributed by atoms with E-state index in [0.717, 1.165) is 42.7 Å². The zero-order valence-corrected chi connectivity index (χ0v) is 18.2. The van der Waals surface area contributed by atoms with Crippen molar-refractivity contribution in [1.29, 1.82) is 10.5 Å². The van der Waals surface area contributed by atoms with Crippen molar-refractivity contribution in [2.45, 2.75) is 32.7 Å². The molecule has 1 N–H and O–H groups in total. The molecule has 0 unspecified atom stereocenters. The Morgan fingerprint density at radius 2 is 1.72 bits per heavy atom. The molecular formula is C25H24N6O. The second-order valence-corrected chi connectivity index (χ2v) is 7.86. The Hall–Kier alpha value is -3.94. The van der Waals surface area contributed by atoms with Gasteiger partial charge in [0.2, 0.25) is 11.8 Å². The standard InChI is InChI=1S/C25H24N6O/c1-17-12-20(16-27)13-18(2)24(17)32-23-8-11-29-25(30-23)31(21-6-9-28-10-7-21)22-5-3-4-19(14-22)15-26/h3-5,8,11-14,21,28H,6-7,9-10H2,1-2H3. The molecule has 2 heterocycles. The number of anilines is 2. The van der Waals surface area contributed by atoms with Crippen LogP contribution >= 0.6 is 0 Å². The van der Waals surface area contributed by atoms with Gasteiger partial charge >= 0.3 is 0 Å². The number of hydrogen-bond donors (Lipinski definition) is 1. The molecular weight excluding hydrogens is 400 g/mol. The second-order valence-electron chi connectivity index (χ2n) is 7.86. The summed E-state index contributed by atoms with van der Waals surface area (Å²) in [7, 11) is 0. The molecule has 1 aliphatic rings. The molecule has 1 aromatic heterocycles. The van der Waals surface area contributed by atoms with E-state index in [2.05, 4.69) is 27.3 Å². The van der Waals surface area contributed by atoms with Gasteiger partial charge in [-0.1, -0.05) is 6.07 Å². The molecule has 0 aliphatic carbocycles. The van der Waals surface area contributed by atoms with Gasteiger partial charge in [0.1, 0.15) is 5.75 Å². The first-order valence-electron chi connectivity index (χ1n) is 10.6. The number of ether oxygens (including phenoxy) is 1. The van der Waals surface area contributed by atoms with Gasteiger partial charge in [0.25, 0.3) is 0 Å². The van der Waals surface area contributed by atoms with Crippen LogP contribution < -0.4 is 15.0 Å².